The lowest BCUT2D eigenvalue weighted by atomic mass is 9.85. The second-order valence-corrected chi connectivity index (χ2v) is 28.4. The van der Waals surface area contributed by atoms with Crippen molar-refractivity contribution in [1.29, 1.82) is 0 Å². The van der Waals surface area contributed by atoms with Gasteiger partial charge in [0.15, 0.2) is 27.0 Å². The second-order valence-electron chi connectivity index (χ2n) is 25.2. The largest absolute Gasteiger partial charge is 0.586 e. The average Bonchev–Trinajstić information content (AvgIpc) is 1.70. The fraction of sp³-hybridized carbons (Fsp3) is 0.507. The quantitative estimate of drug-likeness (QED) is 0.0240. The Morgan fingerprint density at radius 1 is 0.808 bits per heavy atom. The number of likely N-dealkylation sites (tertiary alicyclic amines) is 1. The number of nitrogens with zero attached hydrogens (tertiary/aromatic N) is 7. The van der Waals surface area contributed by atoms with E-state index in [1.807, 2.05) is 30.0 Å². The van der Waals surface area contributed by atoms with Crippen LogP contribution in [0.4, 0.5) is 36.4 Å². The van der Waals surface area contributed by atoms with Gasteiger partial charge in [-0.05, 0) is 72.7 Å². The Kier molecular flexibility index (Phi) is 24.8. The molecular formula is C67H83ClF3N11O15S2. The predicted molar refractivity (Wildman–Crippen MR) is 362 cm³/mol. The van der Waals surface area contributed by atoms with E-state index in [1.54, 1.807) is 62.7 Å². The molecule has 26 nitrogen and oxygen atoms in total. The van der Waals surface area contributed by atoms with Crippen LogP contribution in [-0.4, -0.2) is 216 Å². The lowest BCUT2D eigenvalue weighted by molar-refractivity contribution is -0.287. The first kappa shape index (κ1) is 74.0. The number of nitrogens with one attached hydrogen (secondary N) is 4. The van der Waals surface area contributed by atoms with Crippen molar-refractivity contribution >= 4 is 73.8 Å². The van der Waals surface area contributed by atoms with Crippen molar-refractivity contribution in [2.45, 2.75) is 94.6 Å². The van der Waals surface area contributed by atoms with Crippen LogP contribution >= 0.6 is 22.9 Å². The van der Waals surface area contributed by atoms with Crippen molar-refractivity contribution in [3.8, 4) is 33.7 Å². The van der Waals surface area contributed by atoms with E-state index in [1.165, 1.54) is 47.6 Å². The molecule has 1 unspecified atom stereocenters. The molecule has 5 heterocycles. The summed E-state index contributed by atoms with van der Waals surface area (Å²) < 4.78 is 120. The number of hydrogen-bond acceptors (Lipinski definition) is 24. The van der Waals surface area contributed by atoms with E-state index < -0.39 is 69.2 Å². The van der Waals surface area contributed by atoms with Crippen LogP contribution in [0.3, 0.4) is 0 Å². The number of benzene rings is 4. The Morgan fingerprint density at radius 2 is 1.47 bits per heavy atom. The summed E-state index contributed by atoms with van der Waals surface area (Å²) in [6.45, 7) is 14.1. The number of para-hydroxylation sites is 1. The molecule has 0 spiro atoms. The summed E-state index contributed by atoms with van der Waals surface area (Å²) in [5, 5.41) is 23.0. The number of aromatic nitrogens is 4. The summed E-state index contributed by atoms with van der Waals surface area (Å²) in [7, 11) is -2.31. The Morgan fingerprint density at radius 3 is 2.11 bits per heavy atom. The molecule has 10 rings (SSSR count). The van der Waals surface area contributed by atoms with E-state index in [0.717, 1.165) is 22.4 Å². The Balaban J connectivity index is 0.599. The van der Waals surface area contributed by atoms with E-state index in [4.69, 9.17) is 59.2 Å². The number of piperazine rings is 1. The second kappa shape index (κ2) is 33.2. The summed E-state index contributed by atoms with van der Waals surface area (Å²) in [6.07, 6.45) is -3.63. The van der Waals surface area contributed by atoms with E-state index in [0.29, 0.717) is 126 Å². The third kappa shape index (κ3) is 19.8. The molecule has 4 aliphatic rings. The van der Waals surface area contributed by atoms with Crippen LogP contribution in [-0.2, 0) is 54.4 Å². The molecule has 3 fully saturated rings. The number of carbonyl (C=O) groups excluding carboxylic acids is 3. The van der Waals surface area contributed by atoms with Gasteiger partial charge >= 0.3 is 12.3 Å². The normalized spacial score (nSPS) is 17.8. The van der Waals surface area contributed by atoms with Crippen LogP contribution in [0.15, 0.2) is 89.3 Å². The minimum Gasteiger partial charge on any atom is -0.491 e. The Labute approximate surface area is 581 Å². The number of aryl methyl sites for hydroxylation is 1. The van der Waals surface area contributed by atoms with Crippen molar-refractivity contribution in [2.24, 2.45) is 5.41 Å². The number of thiazole rings is 1. The first-order valence-electron chi connectivity index (χ1n) is 32.5. The summed E-state index contributed by atoms with van der Waals surface area (Å²) in [6, 6.07) is 18.3. The number of rotatable bonds is 35. The number of β-amino-alcohol motifs (C(OH)–C–C–N with tert-alkyl or cyclic N) is 1. The van der Waals surface area contributed by atoms with Gasteiger partial charge in [-0.3, -0.25) is 19.3 Å². The number of hydrogen-bond donors (Lipinski definition) is 5. The van der Waals surface area contributed by atoms with Crippen LogP contribution in [0.25, 0.3) is 10.4 Å². The number of sulfone groups is 1. The average molecular weight is 1440 g/mol. The highest BCUT2D eigenvalue weighted by Gasteiger charge is 2.53. The van der Waals surface area contributed by atoms with Gasteiger partial charge in [0.25, 0.3) is 5.91 Å². The molecule has 536 valence electrons. The molecule has 0 radical (unpaired) electrons. The van der Waals surface area contributed by atoms with Crippen molar-refractivity contribution in [3.05, 3.63) is 112 Å². The maximum absolute atomic E-state index is 14.7. The van der Waals surface area contributed by atoms with Gasteiger partial charge in [0.05, 0.1) is 118 Å². The van der Waals surface area contributed by atoms with Crippen molar-refractivity contribution in [1.82, 2.24) is 40.4 Å². The molecule has 6 aromatic rings. The summed E-state index contributed by atoms with van der Waals surface area (Å²) in [5.41, 5.74) is 2.69. The highest BCUT2D eigenvalue weighted by molar-refractivity contribution is 7.90. The highest BCUT2D eigenvalue weighted by atomic mass is 35.5. The van der Waals surface area contributed by atoms with Crippen LogP contribution in [0.2, 0.25) is 5.02 Å². The molecule has 5 N–H and O–H groups in total. The number of amides is 3. The third-order valence-corrected chi connectivity index (χ3v) is 19.2. The first-order chi connectivity index (χ1) is 47.4. The zero-order valence-electron chi connectivity index (χ0n) is 55.9. The summed E-state index contributed by atoms with van der Waals surface area (Å²) in [5.74, 6) is -1.40. The SMILES string of the molecule is COc1nc(Nc2cc(S(C)(=O)=O)ccc2NC(c2ccccc2Cl)c2cccc3c2OC(F)(F)O3)nc(N2CCN(CCOCCOCCOCCOCCOCCOc3cc(-c4scnc4C)ccc3CNC(=O)[C@@H]3C[C@@H](O)CN3C(=O)[C@@H](NC(=O)C3(F)CC3)C(C)(C)C)CC2)n1. The molecule has 1 saturated carbocycles. The van der Waals surface area contributed by atoms with Crippen LogP contribution in [0, 0.1) is 12.3 Å². The van der Waals surface area contributed by atoms with Crippen LogP contribution < -0.4 is 45.1 Å². The number of alkyl halides is 3. The molecule has 99 heavy (non-hydrogen) atoms. The Hall–Kier alpha value is -7.72. The van der Waals surface area contributed by atoms with Gasteiger partial charge in [-0.15, -0.1) is 20.1 Å². The number of fused-ring (bicyclic) bond motifs is 1. The van der Waals surface area contributed by atoms with Gasteiger partial charge < -0.3 is 78.8 Å². The van der Waals surface area contributed by atoms with Crippen LogP contribution in [0.5, 0.6) is 23.3 Å². The van der Waals surface area contributed by atoms with E-state index in [9.17, 15) is 41.1 Å². The molecule has 32 heteroatoms. The molecule has 4 aromatic carbocycles. The van der Waals surface area contributed by atoms with Gasteiger partial charge in [-0.25, -0.2) is 17.8 Å². The van der Waals surface area contributed by atoms with Gasteiger partial charge in [-0.2, -0.15) is 15.0 Å². The predicted octanol–water partition coefficient (Wildman–Crippen LogP) is 7.53. The summed E-state index contributed by atoms with van der Waals surface area (Å²) >= 11 is 8.22. The van der Waals surface area contributed by atoms with Crippen molar-refractivity contribution in [2.75, 3.05) is 141 Å². The molecule has 1 aliphatic carbocycles. The number of ether oxygens (including phenoxy) is 9. The maximum Gasteiger partial charge on any atom is 0.586 e. The highest BCUT2D eigenvalue weighted by Crippen LogP contribution is 2.49. The fourth-order valence-electron chi connectivity index (χ4n) is 11.3. The topological polar surface area (TPSA) is 298 Å². The monoisotopic (exact) mass is 1440 g/mol. The fourth-order valence-corrected chi connectivity index (χ4v) is 13.0. The molecule has 3 aliphatic heterocycles. The number of methoxy groups -OCH3 is 1. The standard InChI is InChI=1S/C67H83ClF3N11O15S2/c1-42-57(98-41-73-42)43-14-15-44(39-72-59(84)52-37-45(83)40-82(52)60(85)58(65(2,3)4)76-61(86)66(69)18-19-66)54(36-43)95-35-34-94-33-32-93-31-30-92-29-28-91-27-26-90-25-24-80-20-22-81(23-21-80)63-77-62(78-64(79-63)89-5)75-51-38-46(99(6,87)88)16-17-50(51)74-55(47-10-7-8-12-49(47)68)48-11-9-13-53-56(48)97-67(70,71)96-53/h7-17,36,38,41,45,52,55,58,74,83H,18-35,37,39-40H2,1-6H3,(H,72,84)(H,76,86)(H,75,77,78,79)/t45-,52+,55?,58-/m1/s1. The summed E-state index contributed by atoms with van der Waals surface area (Å²) in [4.78, 5) is 65.0. The van der Waals surface area contributed by atoms with E-state index in [-0.39, 0.29) is 85.2 Å². The van der Waals surface area contributed by atoms with Gasteiger partial charge in [-0.1, -0.05) is 74.8 Å². The third-order valence-electron chi connectivity index (χ3n) is 16.8. The van der Waals surface area contributed by atoms with Crippen LogP contribution in [0.1, 0.15) is 68.5 Å². The molecule has 3 amide bonds. The van der Waals surface area contributed by atoms with Crippen molar-refractivity contribution < 1.29 is 83.7 Å². The number of halogens is 4. The van der Waals surface area contributed by atoms with Gasteiger partial charge in [0, 0.05) is 74.6 Å². The lowest BCUT2D eigenvalue weighted by Gasteiger charge is -2.35. The van der Waals surface area contributed by atoms with Crippen molar-refractivity contribution in [3.63, 3.8) is 0 Å². The number of aliphatic hydroxyl groups is 1. The maximum atomic E-state index is 14.7. The zero-order valence-corrected chi connectivity index (χ0v) is 58.3. The first-order valence-corrected chi connectivity index (χ1v) is 35.6. The van der Waals surface area contributed by atoms with Gasteiger partial charge in [0.2, 0.25) is 23.7 Å². The number of carbonyl (C=O) groups is 3. The molecule has 4 atom stereocenters. The molecule has 2 aromatic heterocycles. The smallest absolute Gasteiger partial charge is 0.491 e. The molecule has 2 saturated heterocycles. The number of anilines is 4. The van der Waals surface area contributed by atoms with E-state index >= 15 is 0 Å². The Bertz CT molecular complexity index is 3880. The molecular weight excluding hydrogens is 1360 g/mol. The number of aliphatic hydroxyl groups excluding tert-OH is 1. The minimum absolute atomic E-state index is 0.00395. The lowest BCUT2D eigenvalue weighted by Crippen LogP contribution is -2.59. The zero-order chi connectivity index (χ0) is 70.5. The minimum atomic E-state index is -3.90. The molecule has 0 bridgehead atoms. The van der Waals surface area contributed by atoms with Gasteiger partial charge in [0.1, 0.15) is 24.4 Å². The van der Waals surface area contributed by atoms with E-state index in [2.05, 4.69) is 41.1 Å².